The average Bonchev–Trinajstić information content (AvgIpc) is 2.51. The quantitative estimate of drug-likeness (QED) is 0.602. The molecule has 1 aliphatic heterocycles. The van der Waals surface area contributed by atoms with Gasteiger partial charge in [0.2, 0.25) is 0 Å². The van der Waals surface area contributed by atoms with Gasteiger partial charge in [-0.25, -0.2) is 0 Å². The molecular weight excluding hydrogens is 282 g/mol. The van der Waals surface area contributed by atoms with Gasteiger partial charge in [0.1, 0.15) is 0 Å². The summed E-state index contributed by atoms with van der Waals surface area (Å²) < 4.78 is 0. The van der Waals surface area contributed by atoms with E-state index in [-0.39, 0.29) is 11.3 Å². The van der Waals surface area contributed by atoms with E-state index in [9.17, 15) is 4.79 Å². The summed E-state index contributed by atoms with van der Waals surface area (Å²) in [6, 6.07) is 16.1. The first kappa shape index (κ1) is 15.5. The van der Waals surface area contributed by atoms with Gasteiger partial charge in [-0.1, -0.05) is 48.5 Å². The van der Waals surface area contributed by atoms with Crippen LogP contribution in [0.5, 0.6) is 0 Å². The molecular formula is C21H23NO. The average molecular weight is 305 g/mol. The summed E-state index contributed by atoms with van der Waals surface area (Å²) >= 11 is 0. The van der Waals surface area contributed by atoms with Crippen molar-refractivity contribution in [1.82, 2.24) is 4.90 Å². The van der Waals surface area contributed by atoms with Crippen molar-refractivity contribution in [3.8, 4) is 0 Å². The van der Waals surface area contributed by atoms with Gasteiger partial charge >= 0.3 is 0 Å². The lowest BCUT2D eigenvalue weighted by Crippen LogP contribution is -2.45. The molecule has 0 aromatic heterocycles. The molecule has 2 aromatic carbocycles. The molecule has 0 saturated carbocycles. The zero-order chi connectivity index (χ0) is 16.6. The van der Waals surface area contributed by atoms with Crippen molar-refractivity contribution >= 4 is 11.5 Å². The van der Waals surface area contributed by atoms with Crippen molar-refractivity contribution in [3.63, 3.8) is 0 Å². The molecule has 0 radical (unpaired) electrons. The Morgan fingerprint density at radius 2 is 1.74 bits per heavy atom. The van der Waals surface area contributed by atoms with E-state index in [1.54, 1.807) is 6.08 Å². The molecule has 0 atom stereocenters. The van der Waals surface area contributed by atoms with E-state index >= 15 is 0 Å². The number of carbonyl (C=O) groups is 1. The van der Waals surface area contributed by atoms with E-state index in [1.165, 1.54) is 5.56 Å². The SMILES string of the molecule is Cc1ccccc1C(=O)/C=C1\c2ccccc2CC(C)(C)N1C. The maximum Gasteiger partial charge on any atom is 0.188 e. The molecule has 118 valence electrons. The zero-order valence-corrected chi connectivity index (χ0v) is 14.3. The molecule has 2 nitrogen and oxygen atoms in total. The standard InChI is InChI=1S/C21H23NO/c1-15-9-5-7-11-17(15)20(23)13-19-18-12-8-6-10-16(18)14-21(2,3)22(19)4/h5-13H,14H2,1-4H3/b19-13+. The van der Waals surface area contributed by atoms with E-state index in [2.05, 4.69) is 44.0 Å². The lowest BCUT2D eigenvalue weighted by atomic mass is 9.83. The normalized spacial score (nSPS) is 17.9. The monoisotopic (exact) mass is 305 g/mol. The van der Waals surface area contributed by atoms with Gasteiger partial charge in [0.05, 0.1) is 0 Å². The van der Waals surface area contributed by atoms with Crippen LogP contribution in [-0.2, 0) is 6.42 Å². The Morgan fingerprint density at radius 3 is 2.48 bits per heavy atom. The van der Waals surface area contributed by atoms with E-state index in [0.29, 0.717) is 0 Å². The lowest BCUT2D eigenvalue weighted by molar-refractivity contribution is 0.104. The van der Waals surface area contributed by atoms with Crippen LogP contribution in [0, 0.1) is 6.92 Å². The summed E-state index contributed by atoms with van der Waals surface area (Å²) in [7, 11) is 2.08. The second kappa shape index (κ2) is 5.69. The Labute approximate surface area is 138 Å². The molecule has 0 fully saturated rings. The van der Waals surface area contributed by atoms with Gasteiger partial charge in [0.15, 0.2) is 5.78 Å². The van der Waals surface area contributed by atoms with E-state index in [4.69, 9.17) is 0 Å². The third-order valence-corrected chi connectivity index (χ3v) is 4.86. The number of rotatable bonds is 2. The number of likely N-dealkylation sites (N-methyl/N-ethyl adjacent to an activating group) is 1. The van der Waals surface area contributed by atoms with Crippen molar-refractivity contribution < 1.29 is 4.79 Å². The topological polar surface area (TPSA) is 20.3 Å². The number of fused-ring (bicyclic) bond motifs is 1. The van der Waals surface area contributed by atoms with Crippen molar-refractivity contribution in [2.24, 2.45) is 0 Å². The fourth-order valence-corrected chi connectivity index (χ4v) is 3.24. The van der Waals surface area contributed by atoms with Gasteiger partial charge < -0.3 is 4.90 Å². The van der Waals surface area contributed by atoms with Crippen molar-refractivity contribution in [1.29, 1.82) is 0 Å². The predicted octanol–water partition coefficient (Wildman–Crippen LogP) is 4.49. The number of carbonyl (C=O) groups excluding carboxylic acids is 1. The molecule has 2 aromatic rings. The Morgan fingerprint density at radius 1 is 1.09 bits per heavy atom. The second-order valence-electron chi connectivity index (χ2n) is 6.91. The molecule has 1 heterocycles. The van der Waals surface area contributed by atoms with Gasteiger partial charge in [0.25, 0.3) is 0 Å². The molecule has 0 amide bonds. The molecule has 0 aliphatic carbocycles. The molecule has 3 rings (SSSR count). The highest BCUT2D eigenvalue weighted by Gasteiger charge is 2.33. The van der Waals surface area contributed by atoms with Crippen LogP contribution in [0.2, 0.25) is 0 Å². The highest BCUT2D eigenvalue weighted by Crippen LogP contribution is 2.36. The molecule has 0 spiro atoms. The summed E-state index contributed by atoms with van der Waals surface area (Å²) in [5, 5.41) is 0. The number of ketones is 1. The largest absolute Gasteiger partial charge is 0.369 e. The molecule has 2 heteroatoms. The molecule has 23 heavy (non-hydrogen) atoms. The minimum atomic E-state index is -0.00774. The fraction of sp³-hybridized carbons (Fsp3) is 0.286. The molecule has 0 bridgehead atoms. The summed E-state index contributed by atoms with van der Waals surface area (Å²) in [5.74, 6) is 0.0671. The van der Waals surface area contributed by atoms with Gasteiger partial charge in [-0.2, -0.15) is 0 Å². The van der Waals surface area contributed by atoms with Crippen LogP contribution in [0.25, 0.3) is 5.70 Å². The van der Waals surface area contributed by atoms with Gasteiger partial charge in [-0.05, 0) is 38.3 Å². The predicted molar refractivity (Wildman–Crippen MR) is 95.5 cm³/mol. The first-order valence-electron chi connectivity index (χ1n) is 8.04. The number of nitrogens with zero attached hydrogens (tertiary/aromatic N) is 1. The van der Waals surface area contributed by atoms with Crippen molar-refractivity contribution in [2.75, 3.05) is 7.05 Å². The van der Waals surface area contributed by atoms with Gasteiger partial charge in [-0.3, -0.25) is 4.79 Å². The molecule has 0 unspecified atom stereocenters. The van der Waals surface area contributed by atoms with Crippen molar-refractivity contribution in [2.45, 2.75) is 32.7 Å². The van der Waals surface area contributed by atoms with Crippen LogP contribution in [0.3, 0.4) is 0 Å². The zero-order valence-electron chi connectivity index (χ0n) is 14.3. The number of hydrogen-bond donors (Lipinski definition) is 0. The summed E-state index contributed by atoms with van der Waals surface area (Å²) in [5.41, 5.74) is 5.25. The fourth-order valence-electron chi connectivity index (χ4n) is 3.24. The van der Waals surface area contributed by atoms with Crippen LogP contribution in [0.15, 0.2) is 54.6 Å². The lowest BCUT2D eigenvalue weighted by Gasteiger charge is -2.44. The van der Waals surface area contributed by atoms with E-state index in [1.807, 2.05) is 37.3 Å². The van der Waals surface area contributed by atoms with E-state index in [0.717, 1.165) is 28.8 Å². The molecule has 0 N–H and O–H groups in total. The minimum Gasteiger partial charge on any atom is -0.369 e. The molecule has 0 saturated heterocycles. The molecule has 1 aliphatic rings. The highest BCUT2D eigenvalue weighted by atomic mass is 16.1. The maximum atomic E-state index is 12.8. The number of benzene rings is 2. The summed E-state index contributed by atoms with van der Waals surface area (Å²) in [6.45, 7) is 6.41. The van der Waals surface area contributed by atoms with Gasteiger partial charge in [0, 0.05) is 35.5 Å². The Kier molecular flexibility index (Phi) is 3.85. The van der Waals surface area contributed by atoms with Crippen LogP contribution >= 0.6 is 0 Å². The van der Waals surface area contributed by atoms with Crippen molar-refractivity contribution in [3.05, 3.63) is 76.9 Å². The summed E-state index contributed by atoms with van der Waals surface area (Å²) in [6.07, 6.45) is 2.78. The number of allylic oxidation sites excluding steroid dienone is 1. The second-order valence-corrected chi connectivity index (χ2v) is 6.91. The summed E-state index contributed by atoms with van der Waals surface area (Å²) in [4.78, 5) is 15.0. The minimum absolute atomic E-state index is 0.00774. The third-order valence-electron chi connectivity index (χ3n) is 4.86. The number of aryl methyl sites for hydroxylation is 1. The van der Waals surface area contributed by atoms with Crippen LogP contribution in [0.4, 0.5) is 0 Å². The highest BCUT2D eigenvalue weighted by molar-refractivity contribution is 6.09. The Hall–Kier alpha value is -2.35. The van der Waals surface area contributed by atoms with Crippen LogP contribution < -0.4 is 0 Å². The Bertz CT molecular complexity index is 786. The van der Waals surface area contributed by atoms with Crippen LogP contribution in [0.1, 0.15) is 40.9 Å². The number of hydrogen-bond acceptors (Lipinski definition) is 2. The van der Waals surface area contributed by atoms with E-state index < -0.39 is 0 Å². The smallest absolute Gasteiger partial charge is 0.188 e. The maximum absolute atomic E-state index is 12.8. The van der Waals surface area contributed by atoms with Crippen LogP contribution in [-0.4, -0.2) is 23.3 Å². The van der Waals surface area contributed by atoms with Gasteiger partial charge in [-0.15, -0.1) is 0 Å². The first-order valence-corrected chi connectivity index (χ1v) is 8.04. The first-order chi connectivity index (χ1) is 10.9. The Balaban J connectivity index is 2.10. The third kappa shape index (κ3) is 2.81.